The first kappa shape index (κ1) is 30.9. The van der Waals surface area contributed by atoms with Gasteiger partial charge in [0.2, 0.25) is 11.8 Å². The van der Waals surface area contributed by atoms with Crippen molar-refractivity contribution in [3.8, 4) is 11.5 Å². The molecule has 3 aromatic carbocycles. The van der Waals surface area contributed by atoms with Gasteiger partial charge in [0.15, 0.2) is 0 Å². The molecule has 0 heterocycles. The smallest absolute Gasteiger partial charge is 0.264 e. The number of amides is 2. The zero-order valence-corrected chi connectivity index (χ0v) is 25.2. The molecule has 0 bridgehead atoms. The third-order valence-electron chi connectivity index (χ3n) is 7.55. The fourth-order valence-electron chi connectivity index (χ4n) is 5.25. The number of sulfonamides is 1. The number of anilines is 1. The molecule has 1 unspecified atom stereocenters. The van der Waals surface area contributed by atoms with Crippen LogP contribution in [0.15, 0.2) is 83.8 Å². The van der Waals surface area contributed by atoms with E-state index < -0.39 is 28.5 Å². The van der Waals surface area contributed by atoms with Crippen LogP contribution in [0.2, 0.25) is 0 Å². The molecule has 1 N–H and O–H groups in total. The Morgan fingerprint density at radius 3 is 2.19 bits per heavy atom. The van der Waals surface area contributed by atoms with Gasteiger partial charge in [0.05, 0.1) is 24.8 Å². The monoisotopic (exact) mass is 593 g/mol. The molecule has 1 aliphatic carbocycles. The number of methoxy groups -OCH3 is 2. The van der Waals surface area contributed by atoms with Crippen LogP contribution < -0.4 is 19.1 Å². The van der Waals surface area contributed by atoms with Gasteiger partial charge in [-0.3, -0.25) is 13.9 Å². The fraction of sp³-hybridized carbons (Fsp3) is 0.375. The molecular weight excluding hydrogens is 554 g/mol. The Labute approximate surface area is 248 Å². The standard InChI is InChI=1S/C32H39N3O6S/c1-4-30(32(37)33-25-12-8-9-13-25)34(22-24-11-10-14-28(21-24)41-3)31(36)23-35(26-17-19-27(40-2)20-18-26)42(38,39)29-15-6-5-7-16-29/h5-7,10-11,14-21,25,30H,4,8-9,12-13,22-23H2,1-3H3,(H,33,37). The van der Waals surface area contributed by atoms with Gasteiger partial charge in [0.25, 0.3) is 10.0 Å². The molecule has 1 aliphatic rings. The summed E-state index contributed by atoms with van der Waals surface area (Å²) in [5.41, 5.74) is 1.06. The minimum Gasteiger partial charge on any atom is -0.497 e. The van der Waals surface area contributed by atoms with Crippen molar-refractivity contribution in [2.24, 2.45) is 0 Å². The van der Waals surface area contributed by atoms with E-state index in [2.05, 4.69) is 5.32 Å². The zero-order valence-electron chi connectivity index (χ0n) is 24.4. The third-order valence-corrected chi connectivity index (χ3v) is 9.33. The summed E-state index contributed by atoms with van der Waals surface area (Å²) in [5.74, 6) is 0.440. The molecule has 4 rings (SSSR count). The van der Waals surface area contributed by atoms with Gasteiger partial charge >= 0.3 is 0 Å². The van der Waals surface area contributed by atoms with Crippen molar-refractivity contribution in [2.75, 3.05) is 25.1 Å². The fourth-order valence-corrected chi connectivity index (χ4v) is 6.69. The predicted octanol–water partition coefficient (Wildman–Crippen LogP) is 4.77. The summed E-state index contributed by atoms with van der Waals surface area (Å²) < 4.78 is 39.6. The van der Waals surface area contributed by atoms with Crippen LogP contribution in [-0.4, -0.2) is 58.0 Å². The van der Waals surface area contributed by atoms with Gasteiger partial charge in [-0.25, -0.2) is 8.42 Å². The lowest BCUT2D eigenvalue weighted by Crippen LogP contribution is -2.53. The SMILES string of the molecule is CCC(C(=O)NC1CCCC1)N(Cc1cccc(OC)c1)C(=O)CN(c1ccc(OC)cc1)S(=O)(=O)c1ccccc1. The first-order chi connectivity index (χ1) is 20.3. The largest absolute Gasteiger partial charge is 0.497 e. The summed E-state index contributed by atoms with van der Waals surface area (Å²) in [4.78, 5) is 29.3. The van der Waals surface area contributed by atoms with Crippen molar-refractivity contribution >= 4 is 27.5 Å². The van der Waals surface area contributed by atoms with E-state index >= 15 is 0 Å². The maximum absolute atomic E-state index is 14.2. The normalized spacial score (nSPS) is 14.2. The Kier molecular flexibility index (Phi) is 10.5. The number of carbonyl (C=O) groups is 2. The summed E-state index contributed by atoms with van der Waals surface area (Å²) in [7, 11) is -1.05. The highest BCUT2D eigenvalue weighted by molar-refractivity contribution is 7.92. The molecule has 2 amide bonds. The maximum Gasteiger partial charge on any atom is 0.264 e. The van der Waals surface area contributed by atoms with Gasteiger partial charge < -0.3 is 19.7 Å². The van der Waals surface area contributed by atoms with E-state index in [1.165, 1.54) is 24.1 Å². The topological polar surface area (TPSA) is 105 Å². The highest BCUT2D eigenvalue weighted by Crippen LogP contribution is 2.27. The predicted molar refractivity (Wildman–Crippen MR) is 162 cm³/mol. The van der Waals surface area contributed by atoms with Crippen molar-refractivity contribution in [3.05, 3.63) is 84.4 Å². The first-order valence-electron chi connectivity index (χ1n) is 14.2. The second-order valence-electron chi connectivity index (χ2n) is 10.3. The van der Waals surface area contributed by atoms with Gasteiger partial charge in [-0.05, 0) is 73.4 Å². The molecule has 9 nitrogen and oxygen atoms in total. The van der Waals surface area contributed by atoms with E-state index in [0.29, 0.717) is 23.6 Å². The second kappa shape index (κ2) is 14.2. The quantitative estimate of drug-likeness (QED) is 0.306. The molecule has 0 radical (unpaired) electrons. The van der Waals surface area contributed by atoms with Crippen molar-refractivity contribution in [1.82, 2.24) is 10.2 Å². The van der Waals surface area contributed by atoms with Crippen LogP contribution in [0.25, 0.3) is 0 Å². The Hall–Kier alpha value is -4.05. The summed E-state index contributed by atoms with van der Waals surface area (Å²) in [6.07, 6.45) is 4.30. The lowest BCUT2D eigenvalue weighted by molar-refractivity contribution is -0.140. The van der Waals surface area contributed by atoms with Crippen molar-refractivity contribution in [2.45, 2.75) is 62.6 Å². The van der Waals surface area contributed by atoms with Gasteiger partial charge in [-0.15, -0.1) is 0 Å². The molecule has 0 aliphatic heterocycles. The van der Waals surface area contributed by atoms with E-state index in [4.69, 9.17) is 9.47 Å². The van der Waals surface area contributed by atoms with Crippen LogP contribution in [0.3, 0.4) is 0 Å². The van der Waals surface area contributed by atoms with Crippen molar-refractivity contribution in [3.63, 3.8) is 0 Å². The molecule has 224 valence electrons. The number of hydrogen-bond acceptors (Lipinski definition) is 6. The number of carbonyl (C=O) groups excluding carboxylic acids is 2. The van der Waals surface area contributed by atoms with Gasteiger partial charge in [0, 0.05) is 12.6 Å². The van der Waals surface area contributed by atoms with Crippen LogP contribution in [0.5, 0.6) is 11.5 Å². The Morgan fingerprint density at radius 1 is 0.905 bits per heavy atom. The highest BCUT2D eigenvalue weighted by Gasteiger charge is 2.34. The maximum atomic E-state index is 14.2. The molecule has 1 atom stereocenters. The second-order valence-corrected chi connectivity index (χ2v) is 12.2. The molecule has 0 saturated heterocycles. The van der Waals surface area contributed by atoms with E-state index in [9.17, 15) is 18.0 Å². The van der Waals surface area contributed by atoms with E-state index in [0.717, 1.165) is 35.6 Å². The van der Waals surface area contributed by atoms with Crippen LogP contribution in [-0.2, 0) is 26.2 Å². The molecule has 10 heteroatoms. The molecular formula is C32H39N3O6S. The number of nitrogens with zero attached hydrogens (tertiary/aromatic N) is 2. The van der Waals surface area contributed by atoms with E-state index in [1.807, 2.05) is 25.1 Å². The minimum atomic E-state index is -4.13. The van der Waals surface area contributed by atoms with E-state index in [-0.39, 0.29) is 23.4 Å². The average Bonchev–Trinajstić information content (AvgIpc) is 3.53. The summed E-state index contributed by atoms with van der Waals surface area (Å²) in [6, 6.07) is 21.1. The van der Waals surface area contributed by atoms with Crippen LogP contribution in [0.1, 0.15) is 44.6 Å². The zero-order chi connectivity index (χ0) is 30.1. The molecule has 1 saturated carbocycles. The van der Waals surface area contributed by atoms with Gasteiger partial charge in [-0.2, -0.15) is 0 Å². The molecule has 0 spiro atoms. The van der Waals surface area contributed by atoms with E-state index in [1.54, 1.807) is 55.6 Å². The number of nitrogens with one attached hydrogen (secondary N) is 1. The lowest BCUT2D eigenvalue weighted by atomic mass is 10.1. The lowest BCUT2D eigenvalue weighted by Gasteiger charge is -2.34. The Morgan fingerprint density at radius 2 is 1.57 bits per heavy atom. The number of rotatable bonds is 13. The summed E-state index contributed by atoms with van der Waals surface area (Å²) in [5, 5.41) is 3.12. The Balaban J connectivity index is 1.71. The summed E-state index contributed by atoms with van der Waals surface area (Å²) in [6.45, 7) is 1.46. The highest BCUT2D eigenvalue weighted by atomic mass is 32.2. The summed E-state index contributed by atoms with van der Waals surface area (Å²) >= 11 is 0. The number of benzene rings is 3. The van der Waals surface area contributed by atoms with Gasteiger partial charge in [-0.1, -0.05) is 50.1 Å². The average molecular weight is 594 g/mol. The molecule has 3 aromatic rings. The third kappa shape index (κ3) is 7.42. The van der Waals surface area contributed by atoms with Crippen molar-refractivity contribution < 1.29 is 27.5 Å². The van der Waals surface area contributed by atoms with Crippen LogP contribution >= 0.6 is 0 Å². The minimum absolute atomic E-state index is 0.0546. The Bertz CT molecular complexity index is 1440. The van der Waals surface area contributed by atoms with Gasteiger partial charge in [0.1, 0.15) is 24.1 Å². The molecule has 1 fully saturated rings. The number of hydrogen-bond donors (Lipinski definition) is 1. The first-order valence-corrected chi connectivity index (χ1v) is 15.7. The van der Waals surface area contributed by atoms with Crippen LogP contribution in [0.4, 0.5) is 5.69 Å². The number of ether oxygens (including phenoxy) is 2. The van der Waals surface area contributed by atoms with Crippen molar-refractivity contribution in [1.29, 1.82) is 0 Å². The van der Waals surface area contributed by atoms with Crippen LogP contribution in [0, 0.1) is 0 Å². The molecule has 42 heavy (non-hydrogen) atoms. The molecule has 0 aromatic heterocycles.